The molecule has 3 nitrogen and oxygen atoms in total. The first-order chi connectivity index (χ1) is 10.7. The van der Waals surface area contributed by atoms with Crippen molar-refractivity contribution in [2.24, 2.45) is 0 Å². The Labute approximate surface area is 126 Å². The number of aromatic nitrogens is 1. The van der Waals surface area contributed by atoms with Gasteiger partial charge in [-0.15, -0.1) is 0 Å². The highest BCUT2D eigenvalue weighted by molar-refractivity contribution is 5.83. The maximum absolute atomic E-state index is 13.8. The second-order valence-corrected chi connectivity index (χ2v) is 4.98. The summed E-state index contributed by atoms with van der Waals surface area (Å²) < 4.78 is 27.5. The van der Waals surface area contributed by atoms with E-state index in [4.69, 9.17) is 0 Å². The van der Waals surface area contributed by atoms with Crippen LogP contribution in [0.4, 0.5) is 14.5 Å². The highest BCUT2D eigenvalue weighted by Gasteiger charge is 2.16. The molecule has 0 radical (unpaired) electrons. The summed E-state index contributed by atoms with van der Waals surface area (Å²) in [6.07, 6.45) is 2.80. The molecule has 22 heavy (non-hydrogen) atoms. The van der Waals surface area contributed by atoms with Crippen LogP contribution < -0.4 is 4.90 Å². The Hall–Kier alpha value is -2.69. The fraction of sp³-hybridized carbons (Fsp3) is 0.118. The van der Waals surface area contributed by atoms with Gasteiger partial charge in [0.1, 0.15) is 17.3 Å². The lowest BCUT2D eigenvalue weighted by atomic mass is 10.1. The molecule has 1 amide bonds. The Kier molecular flexibility index (Phi) is 3.87. The highest BCUT2D eigenvalue weighted by Crippen LogP contribution is 2.23. The first-order valence-electron chi connectivity index (χ1n) is 6.91. The molecule has 0 fully saturated rings. The number of carbonyl (C=O) groups is 1. The van der Waals surface area contributed by atoms with E-state index < -0.39 is 11.6 Å². The van der Waals surface area contributed by atoms with E-state index in [1.807, 2.05) is 30.5 Å². The maximum atomic E-state index is 13.8. The SMILES string of the molecule is O=CN(CCc1c[nH]c2ccccc12)c1c(F)cccc1F. The van der Waals surface area contributed by atoms with E-state index in [2.05, 4.69) is 4.98 Å². The third-order valence-electron chi connectivity index (χ3n) is 3.65. The number of anilines is 1. The zero-order chi connectivity index (χ0) is 15.5. The highest BCUT2D eigenvalue weighted by atomic mass is 19.1. The van der Waals surface area contributed by atoms with Crippen molar-refractivity contribution in [3.05, 3.63) is 65.9 Å². The largest absolute Gasteiger partial charge is 0.361 e. The number of halogens is 2. The van der Waals surface area contributed by atoms with E-state index in [-0.39, 0.29) is 12.2 Å². The molecule has 0 aliphatic rings. The molecule has 0 aliphatic heterocycles. The molecular formula is C17H14F2N2O. The molecule has 0 aliphatic carbocycles. The third kappa shape index (κ3) is 2.57. The second kappa shape index (κ2) is 5.97. The van der Waals surface area contributed by atoms with Crippen molar-refractivity contribution in [1.29, 1.82) is 0 Å². The van der Waals surface area contributed by atoms with Crippen molar-refractivity contribution in [2.45, 2.75) is 6.42 Å². The van der Waals surface area contributed by atoms with Crippen LogP contribution >= 0.6 is 0 Å². The topological polar surface area (TPSA) is 36.1 Å². The quantitative estimate of drug-likeness (QED) is 0.717. The first-order valence-corrected chi connectivity index (χ1v) is 6.91. The summed E-state index contributed by atoms with van der Waals surface area (Å²) in [6.45, 7) is 0.198. The van der Waals surface area contributed by atoms with Gasteiger partial charge in [0.15, 0.2) is 0 Å². The molecule has 0 spiro atoms. The number of amides is 1. The number of aromatic amines is 1. The molecule has 0 saturated carbocycles. The van der Waals surface area contributed by atoms with Crippen molar-refractivity contribution < 1.29 is 13.6 Å². The van der Waals surface area contributed by atoms with Gasteiger partial charge >= 0.3 is 0 Å². The van der Waals surface area contributed by atoms with E-state index in [0.29, 0.717) is 12.8 Å². The Morgan fingerprint density at radius 2 is 1.77 bits per heavy atom. The van der Waals surface area contributed by atoms with E-state index in [1.165, 1.54) is 6.07 Å². The molecule has 3 aromatic rings. The minimum absolute atomic E-state index is 0.198. The maximum Gasteiger partial charge on any atom is 0.214 e. The number of hydrogen-bond acceptors (Lipinski definition) is 1. The average Bonchev–Trinajstić information content (AvgIpc) is 2.93. The van der Waals surface area contributed by atoms with Gasteiger partial charge in [-0.1, -0.05) is 24.3 Å². The van der Waals surface area contributed by atoms with Gasteiger partial charge in [-0.25, -0.2) is 8.78 Å². The number of hydrogen-bond donors (Lipinski definition) is 1. The standard InChI is InChI=1S/C17H14F2N2O/c18-14-5-3-6-15(19)17(14)21(11-22)9-8-12-10-20-16-7-2-1-4-13(12)16/h1-7,10-11,20H,8-9H2. The van der Waals surface area contributed by atoms with Gasteiger partial charge in [0, 0.05) is 23.6 Å². The van der Waals surface area contributed by atoms with Gasteiger partial charge in [-0.2, -0.15) is 0 Å². The van der Waals surface area contributed by atoms with Gasteiger partial charge in [0.05, 0.1) is 0 Å². The average molecular weight is 300 g/mol. The molecule has 0 bridgehead atoms. The number of nitrogens with one attached hydrogen (secondary N) is 1. The van der Waals surface area contributed by atoms with Crippen LogP contribution in [-0.2, 0) is 11.2 Å². The summed E-state index contributed by atoms with van der Waals surface area (Å²) in [5.74, 6) is -1.49. The van der Waals surface area contributed by atoms with Crippen LogP contribution in [0.25, 0.3) is 10.9 Å². The van der Waals surface area contributed by atoms with Crippen molar-refractivity contribution >= 4 is 23.0 Å². The predicted molar refractivity (Wildman–Crippen MR) is 81.8 cm³/mol. The minimum atomic E-state index is -0.744. The molecule has 2 aromatic carbocycles. The van der Waals surface area contributed by atoms with E-state index in [1.54, 1.807) is 0 Å². The van der Waals surface area contributed by atoms with Crippen LogP contribution in [0.3, 0.4) is 0 Å². The Bertz CT molecular complexity index is 793. The van der Waals surface area contributed by atoms with E-state index >= 15 is 0 Å². The summed E-state index contributed by atoms with van der Waals surface area (Å²) in [4.78, 5) is 15.4. The molecule has 1 aromatic heterocycles. The second-order valence-electron chi connectivity index (χ2n) is 4.98. The normalized spacial score (nSPS) is 10.8. The van der Waals surface area contributed by atoms with Gasteiger partial charge < -0.3 is 9.88 Å². The number of rotatable bonds is 5. The number of carbonyl (C=O) groups excluding carboxylic acids is 1. The van der Waals surface area contributed by atoms with Crippen LogP contribution in [-0.4, -0.2) is 17.9 Å². The number of para-hydroxylation sites is 2. The monoisotopic (exact) mass is 300 g/mol. The minimum Gasteiger partial charge on any atom is -0.361 e. The molecule has 3 rings (SSSR count). The lowest BCUT2D eigenvalue weighted by molar-refractivity contribution is -0.107. The zero-order valence-electron chi connectivity index (χ0n) is 11.7. The molecule has 0 unspecified atom stereocenters. The molecule has 1 N–H and O–H groups in total. The molecule has 1 heterocycles. The Morgan fingerprint density at radius 3 is 2.50 bits per heavy atom. The van der Waals surface area contributed by atoms with E-state index in [0.717, 1.165) is 33.5 Å². The summed E-state index contributed by atoms with van der Waals surface area (Å²) in [6, 6.07) is 11.3. The first kappa shape index (κ1) is 14.3. The molecular weight excluding hydrogens is 286 g/mol. The van der Waals surface area contributed by atoms with Crippen LogP contribution in [0.1, 0.15) is 5.56 Å². The van der Waals surface area contributed by atoms with Gasteiger partial charge in [-0.05, 0) is 30.2 Å². The third-order valence-corrected chi connectivity index (χ3v) is 3.65. The lowest BCUT2D eigenvalue weighted by Crippen LogP contribution is -2.26. The predicted octanol–water partition coefficient (Wildman–Crippen LogP) is 3.65. The Balaban J connectivity index is 1.83. The van der Waals surface area contributed by atoms with Gasteiger partial charge in [0.2, 0.25) is 6.41 Å². The van der Waals surface area contributed by atoms with Crippen LogP contribution in [0.5, 0.6) is 0 Å². The van der Waals surface area contributed by atoms with Gasteiger partial charge in [-0.3, -0.25) is 4.79 Å². The van der Waals surface area contributed by atoms with Gasteiger partial charge in [0.25, 0.3) is 0 Å². The summed E-state index contributed by atoms with van der Waals surface area (Å²) in [5, 5.41) is 1.04. The molecule has 5 heteroatoms. The molecule has 0 saturated heterocycles. The fourth-order valence-corrected chi connectivity index (χ4v) is 2.56. The van der Waals surface area contributed by atoms with Crippen molar-refractivity contribution in [3.8, 4) is 0 Å². The number of H-pyrrole nitrogens is 1. The number of fused-ring (bicyclic) bond motifs is 1. The summed E-state index contributed by atoms with van der Waals surface area (Å²) in [5.41, 5.74) is 1.68. The molecule has 0 atom stereocenters. The lowest BCUT2D eigenvalue weighted by Gasteiger charge is -2.18. The van der Waals surface area contributed by atoms with Crippen LogP contribution in [0.2, 0.25) is 0 Å². The molecule has 112 valence electrons. The zero-order valence-corrected chi connectivity index (χ0v) is 11.7. The van der Waals surface area contributed by atoms with Crippen molar-refractivity contribution in [1.82, 2.24) is 4.98 Å². The van der Waals surface area contributed by atoms with Crippen molar-refractivity contribution in [3.63, 3.8) is 0 Å². The smallest absolute Gasteiger partial charge is 0.214 e. The fourth-order valence-electron chi connectivity index (χ4n) is 2.56. The van der Waals surface area contributed by atoms with E-state index in [9.17, 15) is 13.6 Å². The van der Waals surface area contributed by atoms with Crippen molar-refractivity contribution in [2.75, 3.05) is 11.4 Å². The number of nitrogens with zero attached hydrogens (tertiary/aromatic N) is 1. The summed E-state index contributed by atoms with van der Waals surface area (Å²) in [7, 11) is 0. The van der Waals surface area contributed by atoms with Crippen LogP contribution in [0.15, 0.2) is 48.7 Å². The van der Waals surface area contributed by atoms with Crippen LogP contribution in [0, 0.1) is 11.6 Å². The number of benzene rings is 2. The summed E-state index contributed by atoms with van der Waals surface area (Å²) >= 11 is 0. The Morgan fingerprint density at radius 1 is 1.05 bits per heavy atom.